The number of pyridine rings is 1. The molecule has 0 bridgehead atoms. The predicted molar refractivity (Wildman–Crippen MR) is 116 cm³/mol. The van der Waals surface area contributed by atoms with Gasteiger partial charge >= 0.3 is 0 Å². The summed E-state index contributed by atoms with van der Waals surface area (Å²) in [6, 6.07) is 13.9. The Morgan fingerprint density at radius 2 is 2.07 bits per heavy atom. The van der Waals surface area contributed by atoms with Crippen molar-refractivity contribution >= 4 is 17.4 Å². The maximum absolute atomic E-state index is 5.89. The van der Waals surface area contributed by atoms with Crippen LogP contribution in [-0.4, -0.2) is 44.0 Å². The van der Waals surface area contributed by atoms with E-state index in [9.17, 15) is 0 Å². The van der Waals surface area contributed by atoms with E-state index in [1.807, 2.05) is 53.1 Å². The predicted octanol–water partition coefficient (Wildman–Crippen LogP) is 4.07. The van der Waals surface area contributed by atoms with Gasteiger partial charge in [0.15, 0.2) is 11.0 Å². The average molecular weight is 422 g/mol. The van der Waals surface area contributed by atoms with Crippen molar-refractivity contribution < 1.29 is 9.47 Å². The minimum absolute atomic E-state index is 0.201. The third-order valence-corrected chi connectivity index (χ3v) is 6.24. The molecule has 0 unspecified atom stereocenters. The van der Waals surface area contributed by atoms with Gasteiger partial charge in [0.05, 0.1) is 25.5 Å². The van der Waals surface area contributed by atoms with E-state index in [0.29, 0.717) is 0 Å². The molecule has 3 aromatic heterocycles. The Kier molecular flexibility index (Phi) is 5.42. The molecule has 1 aliphatic heterocycles. The molecular weight excluding hydrogens is 398 g/mol. The van der Waals surface area contributed by atoms with Crippen molar-refractivity contribution in [3.8, 4) is 17.1 Å². The number of rotatable bonds is 7. The maximum atomic E-state index is 5.89. The Labute approximate surface area is 179 Å². The van der Waals surface area contributed by atoms with Crippen LogP contribution in [0.15, 0.2) is 60.0 Å². The second kappa shape index (κ2) is 8.49. The first-order valence-electron chi connectivity index (χ1n) is 10.0. The van der Waals surface area contributed by atoms with Crippen molar-refractivity contribution in [3.05, 3.63) is 60.6 Å². The van der Waals surface area contributed by atoms with Crippen LogP contribution in [0, 0.1) is 0 Å². The van der Waals surface area contributed by atoms with Gasteiger partial charge in [0, 0.05) is 30.3 Å². The number of methoxy groups -OCH3 is 1. The Hall–Kier alpha value is -2.84. The van der Waals surface area contributed by atoms with Crippen LogP contribution in [0.4, 0.5) is 0 Å². The van der Waals surface area contributed by atoms with Crippen LogP contribution in [-0.2, 0) is 17.0 Å². The molecule has 30 heavy (non-hydrogen) atoms. The molecule has 0 radical (unpaired) electrons. The maximum Gasteiger partial charge on any atom is 0.191 e. The van der Waals surface area contributed by atoms with Crippen LogP contribution in [0.5, 0.6) is 5.75 Å². The fourth-order valence-electron chi connectivity index (χ4n) is 3.70. The molecule has 5 rings (SSSR count). The summed E-state index contributed by atoms with van der Waals surface area (Å²) in [4.78, 5) is 4.69. The lowest BCUT2D eigenvalue weighted by molar-refractivity contribution is 0.0953. The highest BCUT2D eigenvalue weighted by atomic mass is 32.2. The molecule has 0 spiro atoms. The number of fused-ring (bicyclic) bond motifs is 1. The SMILES string of the molecule is COc1ccc(-c2nnc(SCc3cn4ccccc4n3)n2C[C@H]2CCCO2)cc1. The quantitative estimate of drug-likeness (QED) is 0.419. The van der Waals surface area contributed by atoms with E-state index in [2.05, 4.69) is 21.0 Å². The standard InChI is InChI=1S/C22H23N5O2S/c1-28-18-9-7-16(8-10-18)21-24-25-22(27(21)14-19-5-4-12-29-19)30-15-17-13-26-11-3-2-6-20(26)23-17/h2-3,6-11,13,19H,4-5,12,14-15H2,1H3/t19-/m1/s1. The lowest BCUT2D eigenvalue weighted by atomic mass is 10.2. The van der Waals surface area contributed by atoms with E-state index in [1.54, 1.807) is 18.9 Å². The van der Waals surface area contributed by atoms with E-state index >= 15 is 0 Å². The first-order chi connectivity index (χ1) is 14.8. The highest BCUT2D eigenvalue weighted by Crippen LogP contribution is 2.29. The monoisotopic (exact) mass is 421 g/mol. The van der Waals surface area contributed by atoms with E-state index in [1.165, 1.54) is 0 Å². The summed E-state index contributed by atoms with van der Waals surface area (Å²) in [5.41, 5.74) is 2.98. The zero-order valence-corrected chi connectivity index (χ0v) is 17.6. The molecule has 1 fully saturated rings. The highest BCUT2D eigenvalue weighted by Gasteiger charge is 2.22. The van der Waals surface area contributed by atoms with Crippen molar-refractivity contribution in [1.29, 1.82) is 0 Å². The van der Waals surface area contributed by atoms with Crippen LogP contribution < -0.4 is 4.74 Å². The van der Waals surface area contributed by atoms with Crippen molar-refractivity contribution in [2.75, 3.05) is 13.7 Å². The van der Waals surface area contributed by atoms with Crippen LogP contribution in [0.2, 0.25) is 0 Å². The van der Waals surface area contributed by atoms with Crippen LogP contribution in [0.3, 0.4) is 0 Å². The fraction of sp³-hybridized carbons (Fsp3) is 0.318. The normalized spacial score (nSPS) is 16.4. The average Bonchev–Trinajstić information content (AvgIpc) is 3.52. The van der Waals surface area contributed by atoms with Gasteiger partial charge in [0.2, 0.25) is 0 Å². The van der Waals surface area contributed by atoms with Gasteiger partial charge in [-0.05, 0) is 49.2 Å². The molecule has 7 nitrogen and oxygen atoms in total. The molecule has 0 saturated carbocycles. The molecule has 4 aromatic rings. The minimum Gasteiger partial charge on any atom is -0.497 e. The van der Waals surface area contributed by atoms with Crippen molar-refractivity contribution in [2.45, 2.75) is 36.4 Å². The van der Waals surface area contributed by atoms with E-state index in [-0.39, 0.29) is 6.10 Å². The second-order valence-corrected chi connectivity index (χ2v) is 8.21. The van der Waals surface area contributed by atoms with E-state index < -0.39 is 0 Å². The van der Waals surface area contributed by atoms with Gasteiger partial charge < -0.3 is 13.9 Å². The third kappa shape index (κ3) is 3.93. The first-order valence-corrected chi connectivity index (χ1v) is 11.0. The Bertz CT molecular complexity index is 1100. The summed E-state index contributed by atoms with van der Waals surface area (Å²) in [6.07, 6.45) is 6.45. The van der Waals surface area contributed by atoms with E-state index in [4.69, 9.17) is 14.5 Å². The smallest absolute Gasteiger partial charge is 0.191 e. The number of hydrogen-bond acceptors (Lipinski definition) is 6. The highest BCUT2D eigenvalue weighted by molar-refractivity contribution is 7.98. The first kappa shape index (κ1) is 19.1. The topological polar surface area (TPSA) is 66.5 Å². The lowest BCUT2D eigenvalue weighted by Crippen LogP contribution is -2.16. The van der Waals surface area contributed by atoms with Crippen LogP contribution >= 0.6 is 11.8 Å². The Morgan fingerprint density at radius 3 is 2.83 bits per heavy atom. The molecule has 1 saturated heterocycles. The Balaban J connectivity index is 1.41. The lowest BCUT2D eigenvalue weighted by Gasteiger charge is -2.14. The number of imidazole rings is 1. The van der Waals surface area contributed by atoms with Gasteiger partial charge in [-0.1, -0.05) is 17.8 Å². The number of nitrogens with zero attached hydrogens (tertiary/aromatic N) is 5. The van der Waals surface area contributed by atoms with Gasteiger partial charge in [0.25, 0.3) is 0 Å². The molecule has 8 heteroatoms. The molecule has 1 aromatic carbocycles. The summed E-state index contributed by atoms with van der Waals surface area (Å²) < 4.78 is 15.4. The van der Waals surface area contributed by atoms with Crippen LogP contribution in [0.1, 0.15) is 18.5 Å². The summed E-state index contributed by atoms with van der Waals surface area (Å²) >= 11 is 1.66. The number of aromatic nitrogens is 5. The molecule has 1 aliphatic rings. The molecule has 0 aliphatic carbocycles. The third-order valence-electron chi connectivity index (χ3n) is 5.24. The largest absolute Gasteiger partial charge is 0.497 e. The molecule has 0 amide bonds. The van der Waals surface area contributed by atoms with Gasteiger partial charge in [-0.3, -0.25) is 4.57 Å². The molecular formula is C22H23N5O2S. The molecule has 154 valence electrons. The second-order valence-electron chi connectivity index (χ2n) is 7.27. The van der Waals surface area contributed by atoms with E-state index in [0.717, 1.165) is 65.4 Å². The van der Waals surface area contributed by atoms with Gasteiger partial charge in [0.1, 0.15) is 11.4 Å². The summed E-state index contributed by atoms with van der Waals surface area (Å²) in [7, 11) is 1.67. The zero-order valence-electron chi connectivity index (χ0n) is 16.8. The number of ether oxygens (including phenoxy) is 2. The Morgan fingerprint density at radius 1 is 1.17 bits per heavy atom. The van der Waals surface area contributed by atoms with Gasteiger partial charge in [-0.25, -0.2) is 4.98 Å². The summed E-state index contributed by atoms with van der Waals surface area (Å²) in [6.45, 7) is 1.58. The zero-order chi connectivity index (χ0) is 20.3. The minimum atomic E-state index is 0.201. The van der Waals surface area contributed by atoms with Crippen molar-refractivity contribution in [2.24, 2.45) is 0 Å². The summed E-state index contributed by atoms with van der Waals surface area (Å²) in [5.74, 6) is 2.41. The number of benzene rings is 1. The fourth-order valence-corrected chi connectivity index (χ4v) is 4.53. The van der Waals surface area contributed by atoms with Crippen molar-refractivity contribution in [3.63, 3.8) is 0 Å². The van der Waals surface area contributed by atoms with Crippen LogP contribution in [0.25, 0.3) is 17.0 Å². The molecule has 1 atom stereocenters. The number of hydrogen-bond donors (Lipinski definition) is 0. The van der Waals surface area contributed by atoms with Crippen molar-refractivity contribution in [1.82, 2.24) is 24.1 Å². The van der Waals surface area contributed by atoms with Gasteiger partial charge in [-0.2, -0.15) is 0 Å². The van der Waals surface area contributed by atoms with Gasteiger partial charge in [-0.15, -0.1) is 10.2 Å². The number of thioether (sulfide) groups is 1. The molecule has 0 N–H and O–H groups in total. The summed E-state index contributed by atoms with van der Waals surface area (Å²) in [5, 5.41) is 9.89. The molecule has 4 heterocycles.